The van der Waals surface area contributed by atoms with Gasteiger partial charge in [-0.1, -0.05) is 135 Å². The zero-order valence-electron chi connectivity index (χ0n) is 32.3. The Balaban J connectivity index is 1.06. The third kappa shape index (κ3) is 4.21. The third-order valence-electron chi connectivity index (χ3n) is 13.6. The topological polar surface area (TPSA) is 6.48 Å². The highest BCUT2D eigenvalue weighted by Gasteiger charge is 2.49. The Morgan fingerprint density at radius 1 is 0.375 bits per heavy atom. The van der Waals surface area contributed by atoms with E-state index in [2.05, 4.69) is 194 Å². The number of hydrogen-bond donors (Lipinski definition) is 0. The molecule has 0 spiro atoms. The second-order valence-electron chi connectivity index (χ2n) is 17.3. The molecule has 0 fully saturated rings. The number of hydrogen-bond acceptors (Lipinski definition) is 2. The zero-order chi connectivity index (χ0) is 37.5. The summed E-state index contributed by atoms with van der Waals surface area (Å²) in [5, 5.41) is 9.30. The number of rotatable bonds is 2. The minimum absolute atomic E-state index is 0.969. The Bertz CT molecular complexity index is 2720. The van der Waals surface area contributed by atoms with Crippen LogP contribution in [0.4, 0.5) is 34.1 Å². The van der Waals surface area contributed by atoms with Gasteiger partial charge in [-0.15, -0.1) is 0 Å². The van der Waals surface area contributed by atoms with Crippen molar-refractivity contribution >= 4 is 81.8 Å². The standard InChI is InChI=1S/C52H42N2Si2/c1-55(2)47-31-37(53-43-21-11-5-15-33(43)29-34-16-6-12-22-44(34)53)25-27-41(47)49-39-19-9-10-20-40(39)50-42-28-26-38(32-48(42)56(3,4)52(50)51(49)55)54-45-23-13-7-17-35(45)30-36-18-8-14-24-46(36)54/h5-28,31-32H,29-30H2,1-4H3. The maximum absolute atomic E-state index is 2.63. The van der Waals surface area contributed by atoms with Gasteiger partial charge in [-0.3, -0.25) is 0 Å². The fraction of sp³-hybridized carbons (Fsp3) is 0.115. The molecular weight excluding hydrogens is 709 g/mol. The fourth-order valence-electron chi connectivity index (χ4n) is 11.1. The molecule has 0 N–H and O–H groups in total. The van der Waals surface area contributed by atoms with Crippen molar-refractivity contribution in [2.45, 2.75) is 39.0 Å². The molecule has 0 radical (unpaired) electrons. The van der Waals surface area contributed by atoms with E-state index in [4.69, 9.17) is 0 Å². The van der Waals surface area contributed by atoms with E-state index >= 15 is 0 Å². The number of nitrogens with zero attached hydrogens (tertiary/aromatic N) is 2. The van der Waals surface area contributed by atoms with E-state index in [1.807, 2.05) is 0 Å². The van der Waals surface area contributed by atoms with Gasteiger partial charge >= 0.3 is 0 Å². The van der Waals surface area contributed by atoms with Gasteiger partial charge in [-0.05, 0) is 125 Å². The lowest BCUT2D eigenvalue weighted by atomic mass is 9.91. The zero-order valence-corrected chi connectivity index (χ0v) is 34.3. The van der Waals surface area contributed by atoms with E-state index in [1.54, 1.807) is 20.7 Å². The summed E-state index contributed by atoms with van der Waals surface area (Å²) >= 11 is 0. The Morgan fingerprint density at radius 3 is 1.05 bits per heavy atom. The maximum atomic E-state index is 2.63. The first-order valence-corrected chi connectivity index (χ1v) is 26.1. The Hall–Kier alpha value is -5.95. The van der Waals surface area contributed by atoms with Crippen LogP contribution in [0.5, 0.6) is 0 Å². The Labute approximate surface area is 331 Å². The van der Waals surface area contributed by atoms with Gasteiger partial charge in [0.1, 0.15) is 16.1 Å². The van der Waals surface area contributed by atoms with Crippen LogP contribution >= 0.6 is 0 Å². The van der Waals surface area contributed by atoms with Crippen molar-refractivity contribution in [3.63, 3.8) is 0 Å². The van der Waals surface area contributed by atoms with Gasteiger partial charge in [0.25, 0.3) is 0 Å². The first kappa shape index (κ1) is 32.3. The normalized spacial score (nSPS) is 15.9. The summed E-state index contributed by atoms with van der Waals surface area (Å²) in [5.74, 6) is 0. The largest absolute Gasteiger partial charge is 0.310 e. The summed E-state index contributed by atoms with van der Waals surface area (Å²) in [6.45, 7) is 10.5. The van der Waals surface area contributed by atoms with Gasteiger partial charge in [0, 0.05) is 47.0 Å². The van der Waals surface area contributed by atoms with E-state index in [9.17, 15) is 0 Å². The van der Waals surface area contributed by atoms with Crippen molar-refractivity contribution in [3.05, 3.63) is 180 Å². The number of anilines is 6. The molecule has 2 nitrogen and oxygen atoms in total. The smallest absolute Gasteiger partial charge is 0.113 e. The van der Waals surface area contributed by atoms with E-state index in [-0.39, 0.29) is 0 Å². The molecular formula is C52H42N2Si2. The molecule has 0 bridgehead atoms. The number of para-hydroxylation sites is 4. The molecule has 0 amide bonds. The van der Waals surface area contributed by atoms with Crippen LogP contribution in [-0.2, 0) is 12.8 Å². The van der Waals surface area contributed by atoms with Gasteiger partial charge in [-0.2, -0.15) is 0 Å². The first-order valence-electron chi connectivity index (χ1n) is 20.1. The Kier molecular flexibility index (Phi) is 6.53. The molecule has 0 unspecified atom stereocenters. The van der Waals surface area contributed by atoms with Crippen LogP contribution in [0.25, 0.3) is 33.0 Å². The van der Waals surface area contributed by atoms with Crippen molar-refractivity contribution in [1.29, 1.82) is 0 Å². The van der Waals surface area contributed by atoms with Crippen molar-refractivity contribution in [2.75, 3.05) is 9.80 Å². The molecule has 0 saturated carbocycles. The second kappa shape index (κ2) is 11.3. The molecule has 4 heteroatoms. The predicted octanol–water partition coefficient (Wildman–Crippen LogP) is 11.2. The van der Waals surface area contributed by atoms with Gasteiger partial charge in [0.2, 0.25) is 0 Å². The summed E-state index contributed by atoms with van der Waals surface area (Å²) < 4.78 is 0. The van der Waals surface area contributed by atoms with Crippen LogP contribution < -0.4 is 30.5 Å². The molecule has 8 aromatic carbocycles. The summed E-state index contributed by atoms with van der Waals surface area (Å²) in [6.07, 6.45) is 1.94. The average molecular weight is 751 g/mol. The lowest BCUT2D eigenvalue weighted by Crippen LogP contribution is -2.63. The summed E-state index contributed by atoms with van der Waals surface area (Å²) in [7, 11) is -4.41. The highest BCUT2D eigenvalue weighted by molar-refractivity contribution is 7.13. The highest BCUT2D eigenvalue weighted by Crippen LogP contribution is 2.48. The minimum Gasteiger partial charge on any atom is -0.310 e. The van der Waals surface area contributed by atoms with E-state index in [1.165, 1.54) is 89.4 Å². The summed E-state index contributed by atoms with van der Waals surface area (Å²) in [4.78, 5) is 5.05. The quantitative estimate of drug-likeness (QED) is 0.162. The lowest BCUT2D eigenvalue weighted by Gasteiger charge is -2.34. The van der Waals surface area contributed by atoms with Gasteiger partial charge < -0.3 is 9.80 Å². The maximum Gasteiger partial charge on any atom is 0.113 e. The molecule has 8 aromatic rings. The molecule has 4 heterocycles. The van der Waals surface area contributed by atoms with Crippen molar-refractivity contribution < 1.29 is 0 Å². The minimum atomic E-state index is -2.20. The Morgan fingerprint density at radius 2 is 0.696 bits per heavy atom. The number of fused-ring (bicyclic) bond motifs is 14. The van der Waals surface area contributed by atoms with E-state index in [0.717, 1.165) is 12.8 Å². The van der Waals surface area contributed by atoms with Crippen LogP contribution in [-0.4, -0.2) is 16.1 Å². The highest BCUT2D eigenvalue weighted by atomic mass is 28.3. The van der Waals surface area contributed by atoms with Gasteiger partial charge in [0.15, 0.2) is 0 Å². The molecule has 0 aliphatic carbocycles. The summed E-state index contributed by atoms with van der Waals surface area (Å²) in [6, 6.07) is 60.1. The monoisotopic (exact) mass is 750 g/mol. The SMILES string of the molecule is C[Si]1(C)c2cc(N3c4ccccc4Cc4ccccc43)ccc2-c2c1c1c(c3ccccc23)-c2ccc(N3c4ccccc4Cc4ccccc43)cc2[Si]1(C)C. The molecule has 4 aliphatic heterocycles. The molecule has 0 aromatic heterocycles. The average Bonchev–Trinajstić information content (AvgIpc) is 3.60. The second-order valence-corrected chi connectivity index (χ2v) is 25.9. The van der Waals surface area contributed by atoms with Crippen molar-refractivity contribution in [2.24, 2.45) is 0 Å². The van der Waals surface area contributed by atoms with E-state index < -0.39 is 16.1 Å². The third-order valence-corrected chi connectivity index (χ3v) is 20.8. The molecule has 56 heavy (non-hydrogen) atoms. The molecule has 12 rings (SSSR count). The van der Waals surface area contributed by atoms with Crippen LogP contribution in [0, 0.1) is 0 Å². The predicted molar refractivity (Wildman–Crippen MR) is 243 cm³/mol. The van der Waals surface area contributed by atoms with Crippen molar-refractivity contribution in [3.8, 4) is 22.3 Å². The fourth-order valence-corrected chi connectivity index (χ4v) is 19.6. The number of benzene rings is 8. The van der Waals surface area contributed by atoms with Crippen LogP contribution in [0.1, 0.15) is 22.3 Å². The first-order chi connectivity index (χ1) is 27.3. The molecule has 0 saturated heterocycles. The van der Waals surface area contributed by atoms with Crippen LogP contribution in [0.3, 0.4) is 0 Å². The van der Waals surface area contributed by atoms with Gasteiger partial charge in [-0.25, -0.2) is 0 Å². The lowest BCUT2D eigenvalue weighted by molar-refractivity contribution is 1.09. The van der Waals surface area contributed by atoms with Gasteiger partial charge in [0.05, 0.1) is 0 Å². The molecule has 0 atom stereocenters. The molecule has 268 valence electrons. The van der Waals surface area contributed by atoms with Crippen molar-refractivity contribution in [1.82, 2.24) is 0 Å². The molecule has 4 aliphatic rings. The summed E-state index contributed by atoms with van der Waals surface area (Å²) in [5.41, 5.74) is 19.2. The van der Waals surface area contributed by atoms with Crippen LogP contribution in [0.2, 0.25) is 26.2 Å². The van der Waals surface area contributed by atoms with E-state index in [0.29, 0.717) is 0 Å². The van der Waals surface area contributed by atoms with Crippen LogP contribution in [0.15, 0.2) is 158 Å².